The highest BCUT2D eigenvalue weighted by Gasteiger charge is 2.25. The molecule has 0 spiro atoms. The zero-order chi connectivity index (χ0) is 22.1. The molecule has 7 nitrogen and oxygen atoms in total. The van der Waals surface area contributed by atoms with Crippen LogP contribution >= 0.6 is 24.0 Å². The Morgan fingerprint density at radius 2 is 1.66 bits per heavy atom. The predicted molar refractivity (Wildman–Crippen MR) is 142 cm³/mol. The summed E-state index contributed by atoms with van der Waals surface area (Å²) in [6.07, 6.45) is 1.54. The van der Waals surface area contributed by atoms with Crippen LogP contribution in [0.4, 0.5) is 0 Å². The Balaban J connectivity index is 0.00000363. The van der Waals surface area contributed by atoms with E-state index in [0.717, 1.165) is 58.2 Å². The van der Waals surface area contributed by atoms with Crippen molar-refractivity contribution in [3.63, 3.8) is 0 Å². The molecule has 2 heterocycles. The Kier molecular flexibility index (Phi) is 11.7. The molecule has 32 heavy (non-hydrogen) atoms. The Morgan fingerprint density at radius 1 is 1.00 bits per heavy atom. The number of carbonyl (C=O) groups is 1. The Bertz CT molecular complexity index is 718. The molecule has 1 atom stereocenters. The molecule has 8 heteroatoms. The van der Waals surface area contributed by atoms with Gasteiger partial charge in [-0.25, -0.2) is 4.99 Å². The van der Waals surface area contributed by atoms with Crippen LogP contribution in [0.15, 0.2) is 29.3 Å². The standard InChI is InChI=1S/C24H40N6O.HI/c1-4-23(31)30-12-11-22(19-30)27-24(25-5-2)26-17-20-7-9-21(10-8-20)18-29-15-13-28(6-3)14-16-29;/h7-10,22H,4-6,11-19H2,1-3H3,(H2,25,26,27);1H. The number of aliphatic imine (C=N–C) groups is 1. The van der Waals surface area contributed by atoms with Gasteiger partial charge in [-0.2, -0.15) is 0 Å². The van der Waals surface area contributed by atoms with E-state index in [4.69, 9.17) is 4.99 Å². The van der Waals surface area contributed by atoms with Crippen molar-refractivity contribution in [1.82, 2.24) is 25.3 Å². The molecular formula is C24H41IN6O. The second kappa shape index (κ2) is 14.0. The summed E-state index contributed by atoms with van der Waals surface area (Å²) in [4.78, 5) is 23.7. The first-order valence-electron chi connectivity index (χ1n) is 12.0. The van der Waals surface area contributed by atoms with Crippen molar-refractivity contribution in [2.45, 2.75) is 52.7 Å². The van der Waals surface area contributed by atoms with Crippen LogP contribution in [-0.2, 0) is 17.9 Å². The van der Waals surface area contributed by atoms with Gasteiger partial charge in [-0.05, 0) is 31.0 Å². The summed E-state index contributed by atoms with van der Waals surface area (Å²) in [7, 11) is 0. The zero-order valence-corrected chi connectivity index (χ0v) is 22.3. The average Bonchev–Trinajstić information content (AvgIpc) is 3.27. The van der Waals surface area contributed by atoms with Crippen molar-refractivity contribution in [2.75, 3.05) is 52.4 Å². The highest BCUT2D eigenvalue weighted by Crippen LogP contribution is 2.12. The van der Waals surface area contributed by atoms with Gasteiger partial charge in [-0.15, -0.1) is 24.0 Å². The van der Waals surface area contributed by atoms with Crippen LogP contribution in [0.3, 0.4) is 0 Å². The fourth-order valence-electron chi connectivity index (χ4n) is 4.28. The van der Waals surface area contributed by atoms with E-state index in [1.54, 1.807) is 0 Å². The van der Waals surface area contributed by atoms with Crippen LogP contribution in [0.2, 0.25) is 0 Å². The molecule has 2 saturated heterocycles. The monoisotopic (exact) mass is 556 g/mol. The number of likely N-dealkylation sites (N-methyl/N-ethyl adjacent to an activating group) is 1. The molecule has 0 radical (unpaired) electrons. The van der Waals surface area contributed by atoms with E-state index < -0.39 is 0 Å². The maximum Gasteiger partial charge on any atom is 0.222 e. The molecule has 2 aliphatic heterocycles. The summed E-state index contributed by atoms with van der Waals surface area (Å²) in [6.45, 7) is 16.1. The van der Waals surface area contributed by atoms with E-state index in [1.165, 1.54) is 24.2 Å². The lowest BCUT2D eigenvalue weighted by molar-refractivity contribution is -0.129. The fraction of sp³-hybridized carbons (Fsp3) is 0.667. The van der Waals surface area contributed by atoms with Crippen molar-refractivity contribution in [3.8, 4) is 0 Å². The number of amides is 1. The predicted octanol–water partition coefficient (Wildman–Crippen LogP) is 2.51. The van der Waals surface area contributed by atoms with Crippen LogP contribution in [0.25, 0.3) is 0 Å². The lowest BCUT2D eigenvalue weighted by Gasteiger charge is -2.34. The molecule has 2 aliphatic rings. The minimum Gasteiger partial charge on any atom is -0.357 e. The topological polar surface area (TPSA) is 63.2 Å². The molecule has 0 aromatic heterocycles. The summed E-state index contributed by atoms with van der Waals surface area (Å²) >= 11 is 0. The van der Waals surface area contributed by atoms with E-state index in [1.807, 2.05) is 11.8 Å². The molecule has 0 bridgehead atoms. The first-order chi connectivity index (χ1) is 15.1. The second-order valence-electron chi connectivity index (χ2n) is 8.55. The molecule has 1 unspecified atom stereocenters. The average molecular weight is 557 g/mol. The maximum atomic E-state index is 11.9. The first kappa shape index (κ1) is 26.9. The van der Waals surface area contributed by atoms with Gasteiger partial charge in [0.05, 0.1) is 6.54 Å². The number of benzene rings is 1. The number of guanidine groups is 1. The quantitative estimate of drug-likeness (QED) is 0.293. The SMILES string of the molecule is CCNC(=NCc1ccc(CN2CCN(CC)CC2)cc1)NC1CCN(C(=O)CC)C1.I. The minimum absolute atomic E-state index is 0. The lowest BCUT2D eigenvalue weighted by atomic mass is 10.1. The summed E-state index contributed by atoms with van der Waals surface area (Å²) < 4.78 is 0. The van der Waals surface area contributed by atoms with Crippen LogP contribution in [0, 0.1) is 0 Å². The second-order valence-corrected chi connectivity index (χ2v) is 8.55. The number of hydrogen-bond acceptors (Lipinski definition) is 4. The molecule has 0 aliphatic carbocycles. The summed E-state index contributed by atoms with van der Waals surface area (Å²) in [5.74, 6) is 1.06. The van der Waals surface area contributed by atoms with E-state index in [2.05, 4.69) is 58.5 Å². The van der Waals surface area contributed by atoms with Gasteiger partial charge in [0.1, 0.15) is 0 Å². The molecule has 1 amide bonds. The molecule has 3 rings (SSSR count). The minimum atomic E-state index is 0. The molecule has 1 aromatic rings. The third kappa shape index (κ3) is 8.19. The van der Waals surface area contributed by atoms with Gasteiger partial charge in [0.25, 0.3) is 0 Å². The van der Waals surface area contributed by atoms with E-state index >= 15 is 0 Å². The third-order valence-corrected chi connectivity index (χ3v) is 6.29. The normalized spacial score (nSPS) is 20.2. The van der Waals surface area contributed by atoms with Gasteiger partial charge in [-0.3, -0.25) is 9.69 Å². The van der Waals surface area contributed by atoms with Crippen LogP contribution in [0.1, 0.15) is 44.7 Å². The van der Waals surface area contributed by atoms with E-state index in [9.17, 15) is 4.79 Å². The van der Waals surface area contributed by atoms with Crippen molar-refractivity contribution in [2.24, 2.45) is 4.99 Å². The number of carbonyl (C=O) groups excluding carboxylic acids is 1. The van der Waals surface area contributed by atoms with Gasteiger partial charge in [0, 0.05) is 64.8 Å². The van der Waals surface area contributed by atoms with Crippen LogP contribution < -0.4 is 10.6 Å². The smallest absolute Gasteiger partial charge is 0.222 e. The van der Waals surface area contributed by atoms with Gasteiger partial charge < -0.3 is 20.4 Å². The van der Waals surface area contributed by atoms with E-state index in [0.29, 0.717) is 13.0 Å². The number of nitrogens with zero attached hydrogens (tertiary/aromatic N) is 4. The van der Waals surface area contributed by atoms with Gasteiger partial charge in [-0.1, -0.05) is 38.1 Å². The van der Waals surface area contributed by atoms with Gasteiger partial charge in [0.15, 0.2) is 5.96 Å². The van der Waals surface area contributed by atoms with Crippen molar-refractivity contribution in [1.29, 1.82) is 0 Å². The Labute approximate surface area is 211 Å². The third-order valence-electron chi connectivity index (χ3n) is 6.29. The van der Waals surface area contributed by atoms with Crippen molar-refractivity contribution >= 4 is 35.8 Å². The van der Waals surface area contributed by atoms with Crippen LogP contribution in [-0.4, -0.2) is 85.0 Å². The summed E-state index contributed by atoms with van der Waals surface area (Å²) in [5.41, 5.74) is 2.58. The number of likely N-dealkylation sites (tertiary alicyclic amines) is 1. The number of hydrogen-bond donors (Lipinski definition) is 2. The molecule has 2 N–H and O–H groups in total. The molecule has 2 fully saturated rings. The first-order valence-corrected chi connectivity index (χ1v) is 12.0. The summed E-state index contributed by atoms with van der Waals surface area (Å²) in [6, 6.07) is 9.14. The fourth-order valence-corrected chi connectivity index (χ4v) is 4.28. The number of rotatable bonds is 8. The lowest BCUT2D eigenvalue weighted by Crippen LogP contribution is -2.45. The summed E-state index contributed by atoms with van der Waals surface area (Å²) in [5, 5.41) is 6.84. The highest BCUT2D eigenvalue weighted by molar-refractivity contribution is 14.0. The number of piperazine rings is 1. The number of nitrogens with one attached hydrogen (secondary N) is 2. The van der Waals surface area contributed by atoms with Gasteiger partial charge >= 0.3 is 0 Å². The largest absolute Gasteiger partial charge is 0.357 e. The molecule has 0 saturated carbocycles. The highest BCUT2D eigenvalue weighted by atomic mass is 127. The molecule has 180 valence electrons. The molecular weight excluding hydrogens is 515 g/mol. The van der Waals surface area contributed by atoms with Crippen LogP contribution in [0.5, 0.6) is 0 Å². The zero-order valence-electron chi connectivity index (χ0n) is 20.0. The van der Waals surface area contributed by atoms with Crippen molar-refractivity contribution in [3.05, 3.63) is 35.4 Å². The van der Waals surface area contributed by atoms with E-state index in [-0.39, 0.29) is 35.9 Å². The van der Waals surface area contributed by atoms with Gasteiger partial charge in [0.2, 0.25) is 5.91 Å². The maximum absolute atomic E-state index is 11.9. The van der Waals surface area contributed by atoms with Crippen molar-refractivity contribution < 1.29 is 4.79 Å². The Morgan fingerprint density at radius 3 is 2.28 bits per heavy atom. The molecule has 1 aromatic carbocycles. The number of halogens is 1. The Hall–Kier alpha value is -1.39.